The second kappa shape index (κ2) is 6.45. The van der Waals surface area contributed by atoms with E-state index in [9.17, 15) is 29.4 Å². The predicted molar refractivity (Wildman–Crippen MR) is 61.4 cm³/mol. The summed E-state index contributed by atoms with van der Waals surface area (Å²) in [6, 6.07) is 0. The van der Waals surface area contributed by atoms with Crippen molar-refractivity contribution in [3.63, 3.8) is 0 Å². The maximum atomic E-state index is 11.7. The molecule has 3 atom stereocenters. The van der Waals surface area contributed by atoms with Crippen molar-refractivity contribution in [1.29, 1.82) is 0 Å². The SMILES string of the molecule is CCC(C(C(C)=O)C(=O)[O-])C(CC)(C(C)=O)C(=O)[O-]. The third-order valence-electron chi connectivity index (χ3n) is 3.72. The Hall–Kier alpha value is -1.72. The van der Waals surface area contributed by atoms with Crippen LogP contribution in [0.2, 0.25) is 0 Å². The lowest BCUT2D eigenvalue weighted by molar-refractivity contribution is -0.323. The van der Waals surface area contributed by atoms with E-state index < -0.39 is 40.8 Å². The number of hydrogen-bond donors (Lipinski definition) is 0. The molecule has 0 aromatic carbocycles. The zero-order chi connectivity index (χ0) is 15.4. The van der Waals surface area contributed by atoms with Gasteiger partial charge in [-0.3, -0.25) is 9.59 Å². The molecule has 0 saturated carbocycles. The summed E-state index contributed by atoms with van der Waals surface area (Å²) >= 11 is 0. The van der Waals surface area contributed by atoms with Gasteiger partial charge in [0.1, 0.15) is 11.6 Å². The number of rotatable bonds is 8. The first-order valence-corrected chi connectivity index (χ1v) is 6.10. The fourth-order valence-electron chi connectivity index (χ4n) is 2.69. The quantitative estimate of drug-likeness (QED) is 0.506. The zero-order valence-corrected chi connectivity index (χ0v) is 11.5. The Morgan fingerprint density at radius 2 is 1.53 bits per heavy atom. The van der Waals surface area contributed by atoms with Crippen LogP contribution in [0, 0.1) is 17.3 Å². The van der Waals surface area contributed by atoms with Crippen molar-refractivity contribution in [3.05, 3.63) is 0 Å². The van der Waals surface area contributed by atoms with E-state index in [4.69, 9.17) is 0 Å². The number of carboxylic acid groups (broad SMARTS) is 2. The molecule has 0 heterocycles. The Bertz CT molecular complexity index is 370. The molecule has 108 valence electrons. The zero-order valence-electron chi connectivity index (χ0n) is 11.5. The molecule has 0 radical (unpaired) electrons. The Kier molecular flexibility index (Phi) is 5.86. The van der Waals surface area contributed by atoms with Crippen LogP contribution < -0.4 is 10.2 Å². The first-order valence-electron chi connectivity index (χ1n) is 6.10. The van der Waals surface area contributed by atoms with Crippen LogP contribution in [-0.2, 0) is 19.2 Å². The van der Waals surface area contributed by atoms with E-state index in [0.29, 0.717) is 0 Å². The summed E-state index contributed by atoms with van der Waals surface area (Å²) in [5.41, 5.74) is -1.98. The van der Waals surface area contributed by atoms with Crippen LogP contribution in [0.1, 0.15) is 40.5 Å². The molecule has 0 amide bonds. The Morgan fingerprint density at radius 3 is 1.68 bits per heavy atom. The lowest BCUT2D eigenvalue weighted by Gasteiger charge is -2.42. The topological polar surface area (TPSA) is 114 Å². The van der Waals surface area contributed by atoms with Crippen LogP contribution in [0.15, 0.2) is 0 Å². The fourth-order valence-corrected chi connectivity index (χ4v) is 2.69. The molecule has 0 aromatic rings. The molecule has 0 N–H and O–H groups in total. The smallest absolute Gasteiger partial charge is 0.141 e. The molecular weight excluding hydrogens is 252 g/mol. The molecule has 0 fully saturated rings. The van der Waals surface area contributed by atoms with Crippen molar-refractivity contribution in [3.8, 4) is 0 Å². The highest BCUT2D eigenvalue weighted by atomic mass is 16.4. The molecule has 6 nitrogen and oxygen atoms in total. The predicted octanol–water partition coefficient (Wildman–Crippen LogP) is -1.30. The minimum Gasteiger partial charge on any atom is -0.549 e. The number of hydrogen-bond acceptors (Lipinski definition) is 6. The average molecular weight is 270 g/mol. The van der Waals surface area contributed by atoms with E-state index >= 15 is 0 Å². The molecule has 0 spiro atoms. The monoisotopic (exact) mass is 270 g/mol. The van der Waals surface area contributed by atoms with Gasteiger partial charge in [0.2, 0.25) is 0 Å². The van der Waals surface area contributed by atoms with Gasteiger partial charge in [-0.2, -0.15) is 0 Å². The summed E-state index contributed by atoms with van der Waals surface area (Å²) < 4.78 is 0. The van der Waals surface area contributed by atoms with E-state index in [0.717, 1.165) is 13.8 Å². The second-order valence-electron chi connectivity index (χ2n) is 4.59. The lowest BCUT2D eigenvalue weighted by atomic mass is 9.63. The normalized spacial score (nSPS) is 17.1. The van der Waals surface area contributed by atoms with E-state index in [-0.39, 0.29) is 12.8 Å². The van der Waals surface area contributed by atoms with Gasteiger partial charge < -0.3 is 19.8 Å². The van der Waals surface area contributed by atoms with Crippen molar-refractivity contribution in [2.24, 2.45) is 17.3 Å². The molecule has 0 aliphatic heterocycles. The highest BCUT2D eigenvalue weighted by molar-refractivity contribution is 6.04. The number of Topliss-reactive ketones (excluding diaryl/α,β-unsaturated/α-hetero) is 2. The number of aliphatic carboxylic acids is 2. The number of carbonyl (C=O) groups is 4. The van der Waals surface area contributed by atoms with E-state index in [1.165, 1.54) is 13.8 Å². The molecule has 19 heavy (non-hydrogen) atoms. The molecule has 0 rings (SSSR count). The van der Waals surface area contributed by atoms with Gasteiger partial charge >= 0.3 is 0 Å². The van der Waals surface area contributed by atoms with Gasteiger partial charge in [0.25, 0.3) is 0 Å². The van der Waals surface area contributed by atoms with E-state index in [1.54, 1.807) is 0 Å². The Morgan fingerprint density at radius 1 is 1.05 bits per heavy atom. The van der Waals surface area contributed by atoms with Crippen molar-refractivity contribution in [1.82, 2.24) is 0 Å². The van der Waals surface area contributed by atoms with E-state index in [1.807, 2.05) is 0 Å². The van der Waals surface area contributed by atoms with Crippen LogP contribution in [-0.4, -0.2) is 23.5 Å². The number of carbonyl (C=O) groups excluding carboxylic acids is 4. The number of carboxylic acids is 2. The van der Waals surface area contributed by atoms with Gasteiger partial charge in [0, 0.05) is 0 Å². The summed E-state index contributed by atoms with van der Waals surface area (Å²) in [7, 11) is 0. The van der Waals surface area contributed by atoms with Gasteiger partial charge in [0.05, 0.1) is 23.3 Å². The Balaban J connectivity index is 5.99. The molecular formula is C13H18O6-2. The molecule has 0 bridgehead atoms. The third kappa shape index (κ3) is 3.00. The maximum Gasteiger partial charge on any atom is 0.141 e. The molecule has 0 aromatic heterocycles. The fraction of sp³-hybridized carbons (Fsp3) is 0.692. The van der Waals surface area contributed by atoms with Gasteiger partial charge in [0.15, 0.2) is 0 Å². The van der Waals surface area contributed by atoms with Crippen LogP contribution >= 0.6 is 0 Å². The first kappa shape index (κ1) is 17.3. The van der Waals surface area contributed by atoms with Gasteiger partial charge in [-0.05, 0) is 26.2 Å². The third-order valence-corrected chi connectivity index (χ3v) is 3.72. The van der Waals surface area contributed by atoms with E-state index in [2.05, 4.69) is 0 Å². The highest BCUT2D eigenvalue weighted by Gasteiger charge is 2.47. The van der Waals surface area contributed by atoms with Gasteiger partial charge in [-0.15, -0.1) is 0 Å². The second-order valence-corrected chi connectivity index (χ2v) is 4.59. The number of ketones is 2. The standard InChI is InChI=1S/C13H20O6/c1-5-9(10(7(3)14)11(16)17)13(6-2,8(4)15)12(18)19/h9-10H,5-6H2,1-4H3,(H,16,17)(H,18,19)/p-2. The molecule has 0 aliphatic rings. The Labute approximate surface area is 111 Å². The summed E-state index contributed by atoms with van der Waals surface area (Å²) in [5, 5.41) is 22.5. The van der Waals surface area contributed by atoms with Gasteiger partial charge in [-0.1, -0.05) is 20.3 Å². The molecule has 0 aliphatic carbocycles. The summed E-state index contributed by atoms with van der Waals surface area (Å²) in [6.45, 7) is 5.08. The van der Waals surface area contributed by atoms with Crippen molar-refractivity contribution < 1.29 is 29.4 Å². The summed E-state index contributed by atoms with van der Waals surface area (Å²) in [4.78, 5) is 45.7. The molecule has 6 heteroatoms. The van der Waals surface area contributed by atoms with Crippen molar-refractivity contribution in [2.45, 2.75) is 40.5 Å². The largest absolute Gasteiger partial charge is 0.549 e. The minimum atomic E-state index is -1.98. The molecule has 3 unspecified atom stereocenters. The lowest BCUT2D eigenvalue weighted by Crippen LogP contribution is -2.56. The van der Waals surface area contributed by atoms with Crippen LogP contribution in [0.5, 0.6) is 0 Å². The average Bonchev–Trinajstić information content (AvgIpc) is 2.26. The van der Waals surface area contributed by atoms with Crippen LogP contribution in [0.25, 0.3) is 0 Å². The maximum absolute atomic E-state index is 11.7. The minimum absolute atomic E-state index is 0.0413. The van der Waals surface area contributed by atoms with Crippen LogP contribution in [0.4, 0.5) is 0 Å². The highest BCUT2D eigenvalue weighted by Crippen LogP contribution is 2.40. The molecule has 0 saturated heterocycles. The summed E-state index contributed by atoms with van der Waals surface area (Å²) in [5.74, 6) is -7.57. The van der Waals surface area contributed by atoms with Crippen molar-refractivity contribution in [2.75, 3.05) is 0 Å². The van der Waals surface area contributed by atoms with Crippen molar-refractivity contribution >= 4 is 23.5 Å². The van der Waals surface area contributed by atoms with Gasteiger partial charge in [-0.25, -0.2) is 0 Å². The first-order chi connectivity index (χ1) is 8.66. The van der Waals surface area contributed by atoms with Crippen LogP contribution in [0.3, 0.4) is 0 Å². The summed E-state index contributed by atoms with van der Waals surface area (Å²) in [6.07, 6.45) is -0.0974.